The van der Waals surface area contributed by atoms with E-state index in [2.05, 4.69) is 5.32 Å². The van der Waals surface area contributed by atoms with E-state index in [1.54, 1.807) is 12.1 Å². The number of amides is 1. The molecule has 0 spiro atoms. The number of anilines is 1. The molecule has 0 fully saturated rings. The number of carbonyl (C=O) groups excluding carboxylic acids is 1. The molecule has 0 bridgehead atoms. The molecular weight excluding hydrogens is 310 g/mol. The Labute approximate surface area is 136 Å². The summed E-state index contributed by atoms with van der Waals surface area (Å²) in [5.41, 5.74) is -0.348. The minimum Gasteiger partial charge on any atom is -0.505 e. The smallest absolute Gasteiger partial charge is 0.417 e. The lowest BCUT2D eigenvalue weighted by atomic mass is 10.1. The fourth-order valence-electron chi connectivity index (χ4n) is 2.29. The van der Waals surface area contributed by atoms with Crippen molar-refractivity contribution < 1.29 is 24.5 Å². The average Bonchev–Trinajstić information content (AvgIpc) is 2.56. The van der Waals surface area contributed by atoms with Crippen molar-refractivity contribution in [3.63, 3.8) is 0 Å². The molecule has 24 heavy (non-hydrogen) atoms. The number of hydrogen-bond acceptors (Lipinski definition) is 4. The van der Waals surface area contributed by atoms with E-state index in [4.69, 9.17) is 9.84 Å². The number of phenols is 1. The Morgan fingerprint density at radius 3 is 2.42 bits per heavy atom. The molecular formula is C18H13NO5. The molecule has 0 atom stereocenters. The van der Waals surface area contributed by atoms with E-state index in [1.165, 1.54) is 18.2 Å². The second-order valence-electron chi connectivity index (χ2n) is 5.03. The molecule has 120 valence electrons. The minimum absolute atomic E-state index is 0.0410. The third-order valence-corrected chi connectivity index (χ3v) is 3.43. The molecule has 0 aliphatic rings. The van der Waals surface area contributed by atoms with Crippen LogP contribution in [-0.4, -0.2) is 22.3 Å². The topological polar surface area (TPSA) is 95.9 Å². The van der Waals surface area contributed by atoms with Gasteiger partial charge in [0.05, 0.1) is 5.69 Å². The number of carboxylic acids is 1. The van der Waals surface area contributed by atoms with Crippen molar-refractivity contribution in [2.45, 2.75) is 0 Å². The molecule has 0 aliphatic heterocycles. The first kappa shape index (κ1) is 15.4. The molecule has 0 saturated heterocycles. The minimum atomic E-state index is -1.29. The molecule has 0 aliphatic carbocycles. The summed E-state index contributed by atoms with van der Waals surface area (Å²) in [5.74, 6) is -1.49. The van der Waals surface area contributed by atoms with Crippen LogP contribution in [0.15, 0.2) is 60.7 Å². The Hall–Kier alpha value is -3.54. The maximum Gasteiger partial charge on any atom is 0.417 e. The molecule has 3 aromatic rings. The summed E-state index contributed by atoms with van der Waals surface area (Å²) >= 11 is 0. The largest absolute Gasteiger partial charge is 0.505 e. The molecule has 0 aromatic heterocycles. The van der Waals surface area contributed by atoms with Gasteiger partial charge < -0.3 is 14.9 Å². The van der Waals surface area contributed by atoms with Crippen molar-refractivity contribution in [2.75, 3.05) is 5.32 Å². The van der Waals surface area contributed by atoms with E-state index in [1.807, 2.05) is 30.3 Å². The van der Waals surface area contributed by atoms with E-state index in [9.17, 15) is 14.7 Å². The van der Waals surface area contributed by atoms with Crippen LogP contribution in [0.25, 0.3) is 10.8 Å². The number of hydrogen-bond donors (Lipinski definition) is 3. The molecule has 3 N–H and O–H groups in total. The number of fused-ring (bicyclic) bond motifs is 1. The SMILES string of the molecule is O=C(Nc1cccc(C(=O)O)c1O)Oc1ccc2ccccc2c1. The third-order valence-electron chi connectivity index (χ3n) is 3.43. The number of nitrogens with one attached hydrogen (secondary N) is 1. The van der Waals surface area contributed by atoms with Gasteiger partial charge in [0.1, 0.15) is 11.3 Å². The van der Waals surface area contributed by atoms with Crippen LogP contribution < -0.4 is 10.1 Å². The first-order valence-corrected chi connectivity index (χ1v) is 7.07. The van der Waals surface area contributed by atoms with Crippen LogP contribution >= 0.6 is 0 Å². The summed E-state index contributed by atoms with van der Waals surface area (Å²) < 4.78 is 5.17. The number of benzene rings is 3. The van der Waals surface area contributed by atoms with Crippen LogP contribution in [0.4, 0.5) is 10.5 Å². The first-order chi connectivity index (χ1) is 11.5. The van der Waals surface area contributed by atoms with Crippen LogP contribution in [0, 0.1) is 0 Å². The number of aromatic carboxylic acids is 1. The van der Waals surface area contributed by atoms with E-state index in [-0.39, 0.29) is 11.3 Å². The fraction of sp³-hybridized carbons (Fsp3) is 0. The van der Waals surface area contributed by atoms with Gasteiger partial charge in [-0.15, -0.1) is 0 Å². The summed E-state index contributed by atoms with van der Waals surface area (Å²) in [7, 11) is 0. The van der Waals surface area contributed by atoms with Gasteiger partial charge in [-0.1, -0.05) is 36.4 Å². The van der Waals surface area contributed by atoms with Gasteiger partial charge in [0.15, 0.2) is 5.75 Å². The molecule has 6 nitrogen and oxygen atoms in total. The van der Waals surface area contributed by atoms with Crippen LogP contribution in [0.2, 0.25) is 0 Å². The quantitative estimate of drug-likeness (QED) is 0.636. The highest BCUT2D eigenvalue weighted by Crippen LogP contribution is 2.28. The molecule has 1 amide bonds. The lowest BCUT2D eigenvalue weighted by molar-refractivity contribution is 0.0693. The van der Waals surface area contributed by atoms with Crippen LogP contribution in [-0.2, 0) is 0 Å². The molecule has 0 saturated carbocycles. The monoisotopic (exact) mass is 323 g/mol. The van der Waals surface area contributed by atoms with Crippen molar-refractivity contribution in [1.82, 2.24) is 0 Å². The van der Waals surface area contributed by atoms with E-state index in [0.717, 1.165) is 10.8 Å². The summed E-state index contributed by atoms with van der Waals surface area (Å²) in [6, 6.07) is 16.8. The Morgan fingerprint density at radius 2 is 1.67 bits per heavy atom. The van der Waals surface area contributed by atoms with Crippen LogP contribution in [0.5, 0.6) is 11.5 Å². The highest BCUT2D eigenvalue weighted by Gasteiger charge is 2.15. The molecule has 0 radical (unpaired) electrons. The number of carbonyl (C=O) groups is 2. The molecule has 3 rings (SSSR count). The lowest BCUT2D eigenvalue weighted by Gasteiger charge is -2.10. The van der Waals surface area contributed by atoms with Crippen molar-refractivity contribution in [3.05, 3.63) is 66.2 Å². The molecule has 3 aromatic carbocycles. The highest BCUT2D eigenvalue weighted by atomic mass is 16.6. The third kappa shape index (κ3) is 3.12. The zero-order valence-corrected chi connectivity index (χ0v) is 12.4. The fourth-order valence-corrected chi connectivity index (χ4v) is 2.29. The van der Waals surface area contributed by atoms with Crippen molar-refractivity contribution in [1.29, 1.82) is 0 Å². The molecule has 0 heterocycles. The maximum absolute atomic E-state index is 12.0. The van der Waals surface area contributed by atoms with Gasteiger partial charge in [0.2, 0.25) is 0 Å². The number of aromatic hydroxyl groups is 1. The Morgan fingerprint density at radius 1 is 0.917 bits per heavy atom. The number of para-hydroxylation sites is 1. The van der Waals surface area contributed by atoms with Crippen molar-refractivity contribution in [2.24, 2.45) is 0 Å². The zero-order chi connectivity index (χ0) is 17.1. The number of rotatable bonds is 3. The van der Waals surface area contributed by atoms with Gasteiger partial charge in [0, 0.05) is 0 Å². The standard InChI is InChI=1S/C18H13NO5/c20-16-14(17(21)22)6-3-7-15(16)19-18(23)24-13-9-8-11-4-1-2-5-12(11)10-13/h1-10,20H,(H,19,23)(H,21,22). The van der Waals surface area contributed by atoms with Gasteiger partial charge >= 0.3 is 12.1 Å². The van der Waals surface area contributed by atoms with Crippen LogP contribution in [0.3, 0.4) is 0 Å². The zero-order valence-electron chi connectivity index (χ0n) is 12.4. The predicted molar refractivity (Wildman–Crippen MR) is 88.7 cm³/mol. The number of carboxylic acid groups (broad SMARTS) is 1. The summed E-state index contributed by atoms with van der Waals surface area (Å²) in [5, 5.41) is 23.1. The normalized spacial score (nSPS) is 10.3. The maximum atomic E-state index is 12.0. The Balaban J connectivity index is 1.78. The molecule has 0 unspecified atom stereocenters. The second kappa shape index (κ2) is 6.29. The van der Waals surface area contributed by atoms with Gasteiger partial charge in [-0.2, -0.15) is 0 Å². The predicted octanol–water partition coefficient (Wildman–Crippen LogP) is 3.85. The van der Waals surface area contributed by atoms with Gasteiger partial charge in [-0.05, 0) is 35.0 Å². The van der Waals surface area contributed by atoms with Crippen LogP contribution in [0.1, 0.15) is 10.4 Å². The van der Waals surface area contributed by atoms with Crippen molar-refractivity contribution >= 4 is 28.5 Å². The summed E-state index contributed by atoms with van der Waals surface area (Å²) in [6.07, 6.45) is -0.830. The molecule has 6 heteroatoms. The van der Waals surface area contributed by atoms with E-state index in [0.29, 0.717) is 5.75 Å². The second-order valence-corrected chi connectivity index (χ2v) is 5.03. The highest BCUT2D eigenvalue weighted by molar-refractivity contribution is 5.96. The summed E-state index contributed by atoms with van der Waals surface area (Å²) in [6.45, 7) is 0. The Kier molecular flexibility index (Phi) is 4.03. The Bertz CT molecular complexity index is 936. The van der Waals surface area contributed by atoms with E-state index >= 15 is 0 Å². The van der Waals surface area contributed by atoms with Gasteiger partial charge in [-0.25, -0.2) is 9.59 Å². The average molecular weight is 323 g/mol. The lowest BCUT2D eigenvalue weighted by Crippen LogP contribution is -2.17. The summed E-state index contributed by atoms with van der Waals surface area (Å²) in [4.78, 5) is 22.9. The number of ether oxygens (including phenoxy) is 1. The van der Waals surface area contributed by atoms with E-state index < -0.39 is 17.8 Å². The van der Waals surface area contributed by atoms with Gasteiger partial charge in [0.25, 0.3) is 0 Å². The van der Waals surface area contributed by atoms with Crippen molar-refractivity contribution in [3.8, 4) is 11.5 Å². The first-order valence-electron chi connectivity index (χ1n) is 7.07. The van der Waals surface area contributed by atoms with Gasteiger partial charge in [-0.3, -0.25) is 5.32 Å².